The van der Waals surface area contributed by atoms with Gasteiger partial charge in [-0.25, -0.2) is 0 Å². The first-order valence-corrected chi connectivity index (χ1v) is 7.44. The van der Waals surface area contributed by atoms with Gasteiger partial charge in [0, 0.05) is 0 Å². The summed E-state index contributed by atoms with van der Waals surface area (Å²) in [6, 6.07) is 4.29. The number of benzene rings is 1. The van der Waals surface area contributed by atoms with E-state index in [2.05, 4.69) is 10.3 Å². The number of hydrogen-bond donors (Lipinski definition) is 1. The van der Waals surface area contributed by atoms with Crippen LogP contribution < -0.4 is 5.32 Å². The van der Waals surface area contributed by atoms with E-state index >= 15 is 0 Å². The Morgan fingerprint density at radius 2 is 2.19 bits per heavy atom. The second kappa shape index (κ2) is 4.56. The van der Waals surface area contributed by atoms with Crippen molar-refractivity contribution in [2.75, 3.05) is 5.32 Å². The van der Waals surface area contributed by atoms with Crippen LogP contribution in [0.25, 0.3) is 11.1 Å². The second-order valence-corrected chi connectivity index (χ2v) is 6.15. The van der Waals surface area contributed by atoms with Crippen molar-refractivity contribution in [3.63, 3.8) is 0 Å². The summed E-state index contributed by atoms with van der Waals surface area (Å²) in [4.78, 5) is 16.7. The number of anilines is 1. The number of aromatic nitrogens is 1. The number of hydrogen-bond acceptors (Lipinski definition) is 4. The molecule has 3 unspecified atom stereocenters. The van der Waals surface area contributed by atoms with Gasteiger partial charge < -0.3 is 9.15 Å². The minimum Gasteiger partial charge on any atom is -0.423 e. The summed E-state index contributed by atoms with van der Waals surface area (Å²) in [5.41, 5.74) is 3.68. The van der Waals surface area contributed by atoms with Gasteiger partial charge in [0.15, 0.2) is 5.58 Å². The van der Waals surface area contributed by atoms with Crippen molar-refractivity contribution in [3.05, 3.63) is 23.3 Å². The van der Waals surface area contributed by atoms with Crippen LogP contribution in [0.2, 0.25) is 0 Å². The molecule has 1 N–H and O–H groups in total. The number of rotatable bonds is 2. The molecule has 1 aromatic carbocycles. The maximum atomic E-state index is 12.3. The Balaban J connectivity index is 1.57. The van der Waals surface area contributed by atoms with Gasteiger partial charge in [-0.05, 0) is 50.3 Å². The van der Waals surface area contributed by atoms with Crippen LogP contribution in [0.4, 0.5) is 6.01 Å². The predicted octanol–water partition coefficient (Wildman–Crippen LogP) is 2.95. The van der Waals surface area contributed by atoms with Crippen molar-refractivity contribution < 1.29 is 13.9 Å². The van der Waals surface area contributed by atoms with E-state index in [1.54, 1.807) is 0 Å². The highest BCUT2D eigenvalue weighted by Gasteiger charge is 2.44. The average molecular weight is 286 g/mol. The minimum absolute atomic E-state index is 0.0388. The van der Waals surface area contributed by atoms with Crippen LogP contribution in [0.1, 0.15) is 30.4 Å². The smallest absolute Gasteiger partial charge is 0.302 e. The number of ether oxygens (including phenoxy) is 1. The monoisotopic (exact) mass is 286 g/mol. The number of amides is 1. The number of nitrogens with zero attached hydrogens (tertiary/aromatic N) is 1. The van der Waals surface area contributed by atoms with Crippen LogP contribution in [-0.4, -0.2) is 23.1 Å². The lowest BCUT2D eigenvalue weighted by atomic mass is 9.89. The highest BCUT2D eigenvalue weighted by Crippen LogP contribution is 2.39. The van der Waals surface area contributed by atoms with Crippen LogP contribution >= 0.6 is 0 Å². The summed E-state index contributed by atoms with van der Waals surface area (Å²) in [6.07, 6.45) is 3.21. The molecule has 0 radical (unpaired) electrons. The van der Waals surface area contributed by atoms with Crippen molar-refractivity contribution in [2.24, 2.45) is 5.92 Å². The summed E-state index contributed by atoms with van der Waals surface area (Å²) in [6.45, 7) is 4.00. The van der Waals surface area contributed by atoms with Gasteiger partial charge in [0.2, 0.25) is 5.91 Å². The first-order valence-electron chi connectivity index (χ1n) is 7.44. The molecule has 2 bridgehead atoms. The number of fused-ring (bicyclic) bond motifs is 3. The molecule has 3 heterocycles. The Morgan fingerprint density at radius 1 is 1.33 bits per heavy atom. The zero-order valence-corrected chi connectivity index (χ0v) is 12.2. The van der Waals surface area contributed by atoms with Crippen molar-refractivity contribution in [3.8, 4) is 0 Å². The van der Waals surface area contributed by atoms with Crippen molar-refractivity contribution in [1.29, 1.82) is 0 Å². The molecular formula is C16H18N2O3. The van der Waals surface area contributed by atoms with Gasteiger partial charge in [0.1, 0.15) is 5.52 Å². The summed E-state index contributed by atoms with van der Waals surface area (Å²) >= 11 is 0. The molecule has 2 fully saturated rings. The largest absolute Gasteiger partial charge is 0.423 e. The third-order valence-corrected chi connectivity index (χ3v) is 4.49. The Kier molecular flexibility index (Phi) is 2.79. The van der Waals surface area contributed by atoms with Gasteiger partial charge in [-0.3, -0.25) is 10.1 Å². The number of aryl methyl sites for hydroxylation is 2. The van der Waals surface area contributed by atoms with E-state index in [1.807, 2.05) is 26.0 Å². The maximum absolute atomic E-state index is 12.3. The van der Waals surface area contributed by atoms with Crippen LogP contribution in [0.5, 0.6) is 0 Å². The average Bonchev–Trinajstić information content (AvgIpc) is 3.12. The molecular weight excluding hydrogens is 268 g/mol. The minimum atomic E-state index is -0.0680. The van der Waals surface area contributed by atoms with Crippen LogP contribution in [-0.2, 0) is 9.53 Å². The Morgan fingerprint density at radius 3 is 2.90 bits per heavy atom. The fraction of sp³-hybridized carbons (Fsp3) is 0.500. The quantitative estimate of drug-likeness (QED) is 0.922. The van der Waals surface area contributed by atoms with Gasteiger partial charge in [-0.1, -0.05) is 6.07 Å². The molecule has 2 aliphatic rings. The van der Waals surface area contributed by atoms with Gasteiger partial charge in [-0.2, -0.15) is 4.98 Å². The van der Waals surface area contributed by atoms with E-state index < -0.39 is 0 Å². The zero-order valence-electron chi connectivity index (χ0n) is 12.2. The summed E-state index contributed by atoms with van der Waals surface area (Å²) < 4.78 is 11.4. The fourth-order valence-electron chi connectivity index (χ4n) is 3.54. The first-order chi connectivity index (χ1) is 10.1. The normalized spacial score (nSPS) is 27.4. The van der Waals surface area contributed by atoms with E-state index in [0.717, 1.165) is 41.5 Å². The molecule has 21 heavy (non-hydrogen) atoms. The lowest BCUT2D eigenvalue weighted by molar-refractivity contribution is -0.121. The van der Waals surface area contributed by atoms with E-state index in [4.69, 9.17) is 9.15 Å². The topological polar surface area (TPSA) is 64.4 Å². The van der Waals surface area contributed by atoms with Gasteiger partial charge in [0.05, 0.1) is 18.1 Å². The molecule has 5 heteroatoms. The standard InChI is InChI=1S/C16H18N2O3/c1-8-5-9(2)14-12(6-8)17-16(21-14)18-15(19)11-7-10-3-4-13(11)20-10/h5-6,10-11,13H,3-4,7H2,1-2H3,(H,17,18,19). The predicted molar refractivity (Wildman–Crippen MR) is 78.1 cm³/mol. The molecule has 2 saturated heterocycles. The number of oxazole rings is 1. The van der Waals surface area contributed by atoms with Crippen molar-refractivity contribution in [1.82, 2.24) is 4.98 Å². The number of nitrogens with one attached hydrogen (secondary N) is 1. The zero-order chi connectivity index (χ0) is 14.6. The molecule has 2 aromatic rings. The summed E-state index contributed by atoms with van der Waals surface area (Å²) in [5.74, 6) is -0.107. The highest BCUT2D eigenvalue weighted by atomic mass is 16.5. The molecule has 0 spiro atoms. The lowest BCUT2D eigenvalue weighted by Crippen LogP contribution is -2.30. The first kappa shape index (κ1) is 12.8. The lowest BCUT2D eigenvalue weighted by Gasteiger charge is -2.16. The van der Waals surface area contributed by atoms with Gasteiger partial charge in [-0.15, -0.1) is 0 Å². The molecule has 2 aliphatic heterocycles. The molecule has 0 saturated carbocycles. The molecule has 4 rings (SSSR count). The van der Waals surface area contributed by atoms with Crippen LogP contribution in [0, 0.1) is 19.8 Å². The Bertz CT molecular complexity index is 722. The fourth-order valence-corrected chi connectivity index (χ4v) is 3.54. The molecule has 3 atom stereocenters. The van der Waals surface area contributed by atoms with E-state index in [9.17, 15) is 4.79 Å². The maximum Gasteiger partial charge on any atom is 0.302 e. The van der Waals surface area contributed by atoms with Crippen LogP contribution in [0.3, 0.4) is 0 Å². The number of carbonyl (C=O) groups excluding carboxylic acids is 1. The van der Waals surface area contributed by atoms with E-state index in [-0.39, 0.29) is 30.0 Å². The third kappa shape index (κ3) is 2.12. The number of carbonyl (C=O) groups is 1. The van der Waals surface area contributed by atoms with Crippen molar-refractivity contribution >= 4 is 23.0 Å². The molecule has 110 valence electrons. The molecule has 1 aromatic heterocycles. The Hall–Kier alpha value is -1.88. The van der Waals surface area contributed by atoms with Crippen LogP contribution in [0.15, 0.2) is 16.5 Å². The summed E-state index contributed by atoms with van der Waals surface area (Å²) in [5, 5.41) is 2.81. The van der Waals surface area contributed by atoms with Crippen molar-refractivity contribution in [2.45, 2.75) is 45.3 Å². The second-order valence-electron chi connectivity index (χ2n) is 6.15. The van der Waals surface area contributed by atoms with E-state index in [1.165, 1.54) is 0 Å². The van der Waals surface area contributed by atoms with Gasteiger partial charge in [0.25, 0.3) is 0 Å². The van der Waals surface area contributed by atoms with E-state index in [0.29, 0.717) is 0 Å². The Labute approximate surface area is 122 Å². The molecule has 1 amide bonds. The van der Waals surface area contributed by atoms with Gasteiger partial charge >= 0.3 is 6.01 Å². The summed E-state index contributed by atoms with van der Waals surface area (Å²) in [7, 11) is 0. The molecule has 0 aliphatic carbocycles. The molecule has 5 nitrogen and oxygen atoms in total. The highest BCUT2D eigenvalue weighted by molar-refractivity contribution is 5.92. The SMILES string of the molecule is Cc1cc(C)c2oc(NC(=O)C3CC4CCC3O4)nc2c1. The third-order valence-electron chi connectivity index (χ3n) is 4.49.